The molecular formula is C23H24N4O3. The molecule has 0 aliphatic carbocycles. The van der Waals surface area contributed by atoms with Crippen LogP contribution in [0.5, 0.6) is 0 Å². The summed E-state index contributed by atoms with van der Waals surface area (Å²) in [7, 11) is 0. The second kappa shape index (κ2) is 7.16. The number of carbonyl (C=O) groups is 3. The van der Waals surface area contributed by atoms with Crippen LogP contribution in [0, 0.1) is 0 Å². The lowest BCUT2D eigenvalue weighted by atomic mass is 10.0. The van der Waals surface area contributed by atoms with Crippen LogP contribution in [0.15, 0.2) is 42.5 Å². The summed E-state index contributed by atoms with van der Waals surface area (Å²) in [6, 6.07) is 13.8. The van der Waals surface area contributed by atoms with Gasteiger partial charge in [-0.3, -0.25) is 19.7 Å². The number of nitrogens with zero attached hydrogens (tertiary/aromatic N) is 2. The van der Waals surface area contributed by atoms with Crippen LogP contribution in [0.2, 0.25) is 0 Å². The normalized spacial score (nSPS) is 23.0. The van der Waals surface area contributed by atoms with E-state index in [0.717, 1.165) is 29.0 Å². The van der Waals surface area contributed by atoms with Crippen molar-refractivity contribution in [1.82, 2.24) is 10.2 Å². The number of hydrogen-bond donors (Lipinski definition) is 2. The molecule has 0 saturated carbocycles. The summed E-state index contributed by atoms with van der Waals surface area (Å²) < 4.78 is 0. The summed E-state index contributed by atoms with van der Waals surface area (Å²) in [6.07, 6.45) is 0.639. The van der Waals surface area contributed by atoms with E-state index in [-0.39, 0.29) is 24.1 Å². The van der Waals surface area contributed by atoms with Crippen molar-refractivity contribution in [2.75, 3.05) is 16.8 Å². The Morgan fingerprint density at radius 1 is 1.07 bits per heavy atom. The second-order valence-corrected chi connectivity index (χ2v) is 8.22. The van der Waals surface area contributed by atoms with Crippen molar-refractivity contribution in [1.29, 1.82) is 0 Å². The molecule has 3 aliphatic heterocycles. The van der Waals surface area contributed by atoms with Crippen molar-refractivity contribution in [3.05, 3.63) is 59.2 Å². The van der Waals surface area contributed by atoms with Crippen LogP contribution in [0.4, 0.5) is 11.4 Å². The molecule has 0 radical (unpaired) electrons. The molecule has 3 amide bonds. The minimum Gasteiger partial charge on any atom is -0.381 e. The topological polar surface area (TPSA) is 81.8 Å². The van der Waals surface area contributed by atoms with Crippen molar-refractivity contribution < 1.29 is 14.4 Å². The van der Waals surface area contributed by atoms with Gasteiger partial charge in [0, 0.05) is 37.7 Å². The van der Waals surface area contributed by atoms with E-state index in [2.05, 4.69) is 40.7 Å². The molecule has 2 N–H and O–H groups in total. The average Bonchev–Trinajstić information content (AvgIpc) is 3.07. The Labute approximate surface area is 175 Å². The number of amides is 3. The third kappa shape index (κ3) is 3.01. The third-order valence-corrected chi connectivity index (χ3v) is 6.35. The maximum atomic E-state index is 13.1. The molecular weight excluding hydrogens is 380 g/mol. The molecule has 7 nitrogen and oxygen atoms in total. The number of nitrogens with one attached hydrogen (secondary N) is 2. The molecule has 3 aliphatic rings. The lowest BCUT2D eigenvalue weighted by molar-refractivity contribution is -0.136. The quantitative estimate of drug-likeness (QED) is 0.767. The van der Waals surface area contributed by atoms with Gasteiger partial charge in [0.2, 0.25) is 11.8 Å². The van der Waals surface area contributed by atoms with Gasteiger partial charge in [-0.15, -0.1) is 0 Å². The molecule has 2 aromatic rings. The van der Waals surface area contributed by atoms with Gasteiger partial charge in [0.05, 0.1) is 11.4 Å². The van der Waals surface area contributed by atoms with Gasteiger partial charge >= 0.3 is 0 Å². The Kier molecular flexibility index (Phi) is 4.46. The zero-order valence-corrected chi connectivity index (χ0v) is 16.9. The number of carbonyl (C=O) groups excluding carboxylic acids is 3. The van der Waals surface area contributed by atoms with E-state index in [9.17, 15) is 14.4 Å². The lowest BCUT2D eigenvalue weighted by Gasteiger charge is -2.38. The minimum absolute atomic E-state index is 0.130. The van der Waals surface area contributed by atoms with Crippen molar-refractivity contribution in [3.63, 3.8) is 0 Å². The molecule has 1 fully saturated rings. The smallest absolute Gasteiger partial charge is 0.255 e. The Balaban J connectivity index is 1.44. The summed E-state index contributed by atoms with van der Waals surface area (Å²) in [6.45, 7) is 4.14. The molecule has 0 bridgehead atoms. The Morgan fingerprint density at radius 2 is 1.90 bits per heavy atom. The maximum absolute atomic E-state index is 13.1. The van der Waals surface area contributed by atoms with Crippen LogP contribution < -0.4 is 15.5 Å². The summed E-state index contributed by atoms with van der Waals surface area (Å²) in [4.78, 5) is 40.9. The van der Waals surface area contributed by atoms with E-state index in [1.165, 1.54) is 0 Å². The monoisotopic (exact) mass is 404 g/mol. The van der Waals surface area contributed by atoms with Crippen LogP contribution >= 0.6 is 0 Å². The highest BCUT2D eigenvalue weighted by atomic mass is 16.2. The zero-order chi connectivity index (χ0) is 20.8. The van der Waals surface area contributed by atoms with Crippen LogP contribution in [-0.4, -0.2) is 41.2 Å². The van der Waals surface area contributed by atoms with Crippen LogP contribution in [0.25, 0.3) is 0 Å². The Morgan fingerprint density at radius 3 is 2.73 bits per heavy atom. The summed E-state index contributed by atoms with van der Waals surface area (Å²) in [5.74, 6) is -0.777. The molecule has 7 heteroatoms. The first kappa shape index (κ1) is 18.7. The van der Waals surface area contributed by atoms with Crippen molar-refractivity contribution in [2.45, 2.75) is 44.9 Å². The number of benzene rings is 2. The SMILES string of the molecule is CC1CNc2ccccc2N1Cc1cccc2c1CN(C1CCC(=O)NC1=O)C2=O. The van der Waals surface area contributed by atoms with Gasteiger partial charge in [-0.25, -0.2) is 0 Å². The van der Waals surface area contributed by atoms with E-state index in [4.69, 9.17) is 0 Å². The summed E-state index contributed by atoms with van der Waals surface area (Å²) in [5.41, 5.74) is 5.01. The lowest BCUT2D eigenvalue weighted by Crippen LogP contribution is -2.52. The predicted octanol–water partition coefficient (Wildman–Crippen LogP) is 2.27. The highest BCUT2D eigenvalue weighted by Crippen LogP contribution is 2.35. The van der Waals surface area contributed by atoms with Crippen LogP contribution in [0.1, 0.15) is 41.3 Å². The fraction of sp³-hybridized carbons (Fsp3) is 0.348. The number of imide groups is 1. The van der Waals surface area contributed by atoms with Crippen LogP contribution in [0.3, 0.4) is 0 Å². The number of fused-ring (bicyclic) bond motifs is 2. The minimum atomic E-state index is -0.589. The first-order valence-corrected chi connectivity index (χ1v) is 10.4. The third-order valence-electron chi connectivity index (χ3n) is 6.35. The van der Waals surface area contributed by atoms with Crippen molar-refractivity contribution >= 4 is 29.1 Å². The number of hydrogen-bond acceptors (Lipinski definition) is 5. The first-order chi connectivity index (χ1) is 14.5. The van der Waals surface area contributed by atoms with E-state index < -0.39 is 6.04 Å². The van der Waals surface area contributed by atoms with Gasteiger partial charge in [0.25, 0.3) is 5.91 Å². The molecule has 2 atom stereocenters. The molecule has 1 saturated heterocycles. The Hall–Kier alpha value is -3.35. The highest BCUT2D eigenvalue weighted by Gasteiger charge is 2.40. The highest BCUT2D eigenvalue weighted by molar-refractivity contribution is 6.05. The van der Waals surface area contributed by atoms with E-state index in [0.29, 0.717) is 31.1 Å². The molecule has 30 heavy (non-hydrogen) atoms. The largest absolute Gasteiger partial charge is 0.381 e. The maximum Gasteiger partial charge on any atom is 0.255 e. The molecule has 0 aromatic heterocycles. The standard InChI is InChI=1S/C23H24N4O3/c1-14-11-24-18-7-2-3-8-19(18)26(14)12-15-5-4-6-16-17(15)13-27(23(16)30)20-9-10-21(28)25-22(20)29/h2-8,14,20,24H,9-13H2,1H3,(H,25,28,29). The van der Waals surface area contributed by atoms with Crippen molar-refractivity contribution in [2.24, 2.45) is 0 Å². The predicted molar refractivity (Wildman–Crippen MR) is 113 cm³/mol. The average molecular weight is 404 g/mol. The fourth-order valence-corrected chi connectivity index (χ4v) is 4.70. The summed E-state index contributed by atoms with van der Waals surface area (Å²) in [5, 5.41) is 5.83. The van der Waals surface area contributed by atoms with Gasteiger partial charge < -0.3 is 15.1 Å². The van der Waals surface area contributed by atoms with E-state index in [1.807, 2.05) is 24.3 Å². The second-order valence-electron chi connectivity index (χ2n) is 8.22. The number of rotatable bonds is 3. The summed E-state index contributed by atoms with van der Waals surface area (Å²) >= 11 is 0. The molecule has 2 aromatic carbocycles. The van der Waals surface area contributed by atoms with Crippen molar-refractivity contribution in [3.8, 4) is 0 Å². The Bertz CT molecular complexity index is 1050. The molecule has 0 spiro atoms. The van der Waals surface area contributed by atoms with Gasteiger partial charge in [0.15, 0.2) is 0 Å². The van der Waals surface area contributed by atoms with Gasteiger partial charge in [-0.2, -0.15) is 0 Å². The van der Waals surface area contributed by atoms with E-state index >= 15 is 0 Å². The number of anilines is 2. The molecule has 3 heterocycles. The van der Waals surface area contributed by atoms with Gasteiger partial charge in [-0.1, -0.05) is 24.3 Å². The zero-order valence-electron chi connectivity index (χ0n) is 16.9. The van der Waals surface area contributed by atoms with E-state index in [1.54, 1.807) is 4.90 Å². The fourth-order valence-electron chi connectivity index (χ4n) is 4.70. The van der Waals surface area contributed by atoms with Gasteiger partial charge in [0.1, 0.15) is 6.04 Å². The first-order valence-electron chi connectivity index (χ1n) is 10.4. The molecule has 2 unspecified atom stereocenters. The molecule has 5 rings (SSSR count). The van der Waals surface area contributed by atoms with Gasteiger partial charge in [-0.05, 0) is 42.7 Å². The molecule has 154 valence electrons. The van der Waals surface area contributed by atoms with Crippen LogP contribution in [-0.2, 0) is 22.7 Å². The number of para-hydroxylation sites is 2. The number of piperidine rings is 1.